The molecule has 0 saturated heterocycles. The Hall–Kier alpha value is -0.490. The summed E-state index contributed by atoms with van der Waals surface area (Å²) in [6.07, 6.45) is 0. The van der Waals surface area contributed by atoms with E-state index in [2.05, 4.69) is 0 Å². The van der Waals surface area contributed by atoms with Gasteiger partial charge in [-0.2, -0.15) is 0 Å². The highest BCUT2D eigenvalue weighted by atomic mass is 35.5. The number of benzene rings is 1. The molecule has 1 radical (unpaired) electrons. The van der Waals surface area contributed by atoms with Gasteiger partial charge in [0.1, 0.15) is 4.90 Å². The second-order valence-electron chi connectivity index (χ2n) is 2.31. The summed E-state index contributed by atoms with van der Waals surface area (Å²) in [7, 11) is -3.87. The van der Waals surface area contributed by atoms with Crippen LogP contribution in [0.15, 0.2) is 17.0 Å². The van der Waals surface area contributed by atoms with E-state index in [1.807, 2.05) is 0 Å². The van der Waals surface area contributed by atoms with Crippen LogP contribution in [0, 0.1) is 0 Å². The van der Waals surface area contributed by atoms with Crippen LogP contribution in [0.3, 0.4) is 0 Å². The first-order chi connectivity index (χ1) is 5.82. The van der Waals surface area contributed by atoms with Crippen LogP contribution in [0.1, 0.15) is 0 Å². The lowest BCUT2D eigenvalue weighted by atomic mass is 10.3. The Morgan fingerprint density at radius 1 is 1.23 bits per heavy atom. The first kappa shape index (κ1) is 10.6. The molecule has 4 nitrogen and oxygen atoms in total. The molecule has 0 saturated carbocycles. The molecule has 0 amide bonds. The van der Waals surface area contributed by atoms with Gasteiger partial charge in [-0.05, 0) is 12.1 Å². The maximum absolute atomic E-state index is 10.9. The molecule has 0 aliphatic heterocycles. The molecule has 0 heterocycles. The van der Waals surface area contributed by atoms with E-state index in [0.717, 1.165) is 12.1 Å². The zero-order chi connectivity index (χ0) is 10.2. The lowest BCUT2D eigenvalue weighted by Crippen LogP contribution is -2.12. The van der Waals surface area contributed by atoms with Crippen LogP contribution in [0.25, 0.3) is 0 Å². The fraction of sp³-hybridized carbons (Fsp3) is 0. The zero-order valence-corrected chi connectivity index (χ0v) is 8.54. The Kier molecular flexibility index (Phi) is 2.72. The van der Waals surface area contributed by atoms with Crippen molar-refractivity contribution in [2.24, 2.45) is 5.14 Å². The molecule has 0 spiro atoms. The maximum Gasteiger partial charge on any atom is 0.239 e. The molecule has 7 heteroatoms. The summed E-state index contributed by atoms with van der Waals surface area (Å²) in [6.45, 7) is 0. The predicted octanol–water partition coefficient (Wildman–Crippen LogP) is 1.56. The van der Waals surface area contributed by atoms with Crippen molar-refractivity contribution < 1.29 is 8.42 Å². The minimum atomic E-state index is -3.87. The van der Waals surface area contributed by atoms with E-state index in [1.54, 1.807) is 0 Å². The van der Waals surface area contributed by atoms with Gasteiger partial charge in [0.2, 0.25) is 10.0 Å². The Balaban J connectivity index is 3.50. The summed E-state index contributed by atoms with van der Waals surface area (Å²) in [5.74, 6) is 0. The van der Waals surface area contributed by atoms with Gasteiger partial charge < -0.3 is 0 Å². The SMILES string of the molecule is [NH]c1cc(Cl)c(S(N)(=O)=O)cc1Cl. The number of rotatable bonds is 1. The minimum Gasteiger partial charge on any atom is -0.299 e. The summed E-state index contributed by atoms with van der Waals surface area (Å²) < 4.78 is 21.8. The standard InChI is InChI=1S/C6H5Cl2N2O2S/c7-3-2-6(13(10,11)12)4(8)1-5(3)9/h1-2,9H,(H2,10,11,12). The quantitative estimate of drug-likeness (QED) is 0.807. The first-order valence-electron chi connectivity index (χ1n) is 3.06. The third kappa shape index (κ3) is 2.25. The second kappa shape index (κ2) is 3.34. The van der Waals surface area contributed by atoms with E-state index in [-0.39, 0.29) is 20.6 Å². The van der Waals surface area contributed by atoms with Crippen LogP contribution in [-0.2, 0) is 10.0 Å². The molecule has 0 aromatic heterocycles. The summed E-state index contributed by atoms with van der Waals surface area (Å²) in [5.41, 5.74) is 7.17. The van der Waals surface area contributed by atoms with Crippen LogP contribution in [-0.4, -0.2) is 8.42 Å². The van der Waals surface area contributed by atoms with E-state index in [4.69, 9.17) is 34.1 Å². The first-order valence-corrected chi connectivity index (χ1v) is 5.36. The molecule has 1 aromatic carbocycles. The van der Waals surface area contributed by atoms with Gasteiger partial charge in [-0.1, -0.05) is 23.2 Å². The van der Waals surface area contributed by atoms with Crippen molar-refractivity contribution in [1.29, 1.82) is 0 Å². The zero-order valence-electron chi connectivity index (χ0n) is 6.21. The average Bonchev–Trinajstić information content (AvgIpc) is 1.94. The molecule has 0 atom stereocenters. The molecular formula is C6H5Cl2N2O2S. The number of nitrogens with two attached hydrogens (primary N) is 1. The van der Waals surface area contributed by atoms with Gasteiger partial charge in [-0.25, -0.2) is 13.6 Å². The van der Waals surface area contributed by atoms with E-state index >= 15 is 0 Å². The van der Waals surface area contributed by atoms with Gasteiger partial charge in [0.25, 0.3) is 0 Å². The van der Waals surface area contributed by atoms with Crippen molar-refractivity contribution in [3.05, 3.63) is 22.2 Å². The molecule has 71 valence electrons. The minimum absolute atomic E-state index is 0.00609. The van der Waals surface area contributed by atoms with Crippen LogP contribution < -0.4 is 10.9 Å². The number of hydrogen-bond donors (Lipinski definition) is 1. The largest absolute Gasteiger partial charge is 0.299 e. The Labute approximate surface area is 85.5 Å². The second-order valence-corrected chi connectivity index (χ2v) is 4.65. The molecule has 13 heavy (non-hydrogen) atoms. The van der Waals surface area contributed by atoms with Gasteiger partial charge in [0.05, 0.1) is 15.7 Å². The van der Waals surface area contributed by atoms with Crippen molar-refractivity contribution in [2.45, 2.75) is 4.90 Å². The van der Waals surface area contributed by atoms with Crippen LogP contribution >= 0.6 is 23.2 Å². The van der Waals surface area contributed by atoms with Crippen LogP contribution in [0.2, 0.25) is 10.0 Å². The fourth-order valence-corrected chi connectivity index (χ4v) is 2.07. The summed E-state index contributed by atoms with van der Waals surface area (Å²) in [4.78, 5) is -0.268. The molecule has 0 aliphatic rings. The maximum atomic E-state index is 10.9. The van der Waals surface area contributed by atoms with E-state index in [9.17, 15) is 8.42 Å². The van der Waals surface area contributed by atoms with E-state index in [0.29, 0.717) is 0 Å². The molecular weight excluding hydrogens is 235 g/mol. The van der Waals surface area contributed by atoms with Crippen molar-refractivity contribution in [2.75, 3.05) is 0 Å². The van der Waals surface area contributed by atoms with Gasteiger partial charge >= 0.3 is 0 Å². The topological polar surface area (TPSA) is 84.0 Å². The smallest absolute Gasteiger partial charge is 0.239 e. The van der Waals surface area contributed by atoms with Gasteiger partial charge in [-0.15, -0.1) is 0 Å². The summed E-state index contributed by atoms with van der Waals surface area (Å²) in [6, 6.07) is 2.19. The Morgan fingerprint density at radius 2 is 1.77 bits per heavy atom. The van der Waals surface area contributed by atoms with Gasteiger partial charge in [0.15, 0.2) is 0 Å². The van der Waals surface area contributed by atoms with E-state index < -0.39 is 10.0 Å². The molecule has 0 aliphatic carbocycles. The lowest BCUT2D eigenvalue weighted by Gasteiger charge is -2.03. The number of sulfonamides is 1. The molecule has 3 N–H and O–H groups in total. The highest BCUT2D eigenvalue weighted by molar-refractivity contribution is 7.89. The Morgan fingerprint density at radius 3 is 2.23 bits per heavy atom. The number of nitrogens with one attached hydrogen (secondary N) is 1. The lowest BCUT2D eigenvalue weighted by molar-refractivity contribution is 0.598. The monoisotopic (exact) mass is 239 g/mol. The summed E-state index contributed by atoms with van der Waals surface area (Å²) in [5, 5.41) is 4.74. The van der Waals surface area contributed by atoms with Crippen molar-refractivity contribution >= 4 is 38.9 Å². The molecule has 0 fully saturated rings. The van der Waals surface area contributed by atoms with Crippen molar-refractivity contribution in [3.63, 3.8) is 0 Å². The number of primary sulfonamides is 1. The third-order valence-corrected chi connectivity index (χ3v) is 3.02. The van der Waals surface area contributed by atoms with Crippen molar-refractivity contribution in [1.82, 2.24) is 5.73 Å². The van der Waals surface area contributed by atoms with Gasteiger partial charge in [-0.3, -0.25) is 5.73 Å². The molecule has 1 rings (SSSR count). The molecule has 0 bridgehead atoms. The highest BCUT2D eigenvalue weighted by Gasteiger charge is 2.14. The summed E-state index contributed by atoms with van der Waals surface area (Å²) >= 11 is 11.1. The normalized spacial score (nSPS) is 11.6. The molecule has 0 unspecified atom stereocenters. The molecule has 1 aromatic rings. The van der Waals surface area contributed by atoms with Gasteiger partial charge in [0, 0.05) is 0 Å². The average molecular weight is 240 g/mol. The van der Waals surface area contributed by atoms with E-state index in [1.165, 1.54) is 0 Å². The van der Waals surface area contributed by atoms with Crippen LogP contribution in [0.4, 0.5) is 5.69 Å². The fourth-order valence-electron chi connectivity index (χ4n) is 0.747. The Bertz CT molecular complexity index is 444. The predicted molar refractivity (Wildman–Crippen MR) is 50.6 cm³/mol. The third-order valence-electron chi connectivity index (χ3n) is 1.33. The number of hydrogen-bond acceptors (Lipinski definition) is 2. The highest BCUT2D eigenvalue weighted by Crippen LogP contribution is 2.29. The number of halogens is 2. The van der Waals surface area contributed by atoms with Crippen molar-refractivity contribution in [3.8, 4) is 0 Å². The van der Waals surface area contributed by atoms with Crippen LogP contribution in [0.5, 0.6) is 0 Å².